The second-order valence-corrected chi connectivity index (χ2v) is 5.17. The largest absolute Gasteiger partial charge is 0.465 e. The van der Waals surface area contributed by atoms with Crippen LogP contribution in [0.5, 0.6) is 0 Å². The summed E-state index contributed by atoms with van der Waals surface area (Å²) in [7, 11) is 0. The van der Waals surface area contributed by atoms with Crippen molar-refractivity contribution in [3.8, 4) is 0 Å². The Labute approximate surface area is 125 Å². The van der Waals surface area contributed by atoms with Crippen molar-refractivity contribution >= 4 is 6.09 Å². The topological polar surface area (TPSA) is 91.5 Å². The average Bonchev–Trinajstić information content (AvgIpc) is 2.91. The van der Waals surface area contributed by atoms with Crippen molar-refractivity contribution in [2.45, 2.75) is 26.1 Å². The zero-order valence-electron chi connectivity index (χ0n) is 11.7. The van der Waals surface area contributed by atoms with Gasteiger partial charge in [-0.3, -0.25) is 0 Å². The SMILES string of the molecule is O=C(O)N1CCc2c(nnn2Cc2ccc(F)cc2CO)C1. The van der Waals surface area contributed by atoms with Crippen LogP contribution in [0.1, 0.15) is 22.5 Å². The maximum atomic E-state index is 13.2. The van der Waals surface area contributed by atoms with E-state index in [4.69, 9.17) is 5.11 Å². The summed E-state index contributed by atoms with van der Waals surface area (Å²) in [4.78, 5) is 12.3. The third-order valence-electron chi connectivity index (χ3n) is 3.81. The van der Waals surface area contributed by atoms with Gasteiger partial charge in [-0.1, -0.05) is 11.3 Å². The van der Waals surface area contributed by atoms with Gasteiger partial charge < -0.3 is 15.1 Å². The summed E-state index contributed by atoms with van der Waals surface area (Å²) in [6.45, 7) is 0.731. The van der Waals surface area contributed by atoms with Crippen molar-refractivity contribution < 1.29 is 19.4 Å². The van der Waals surface area contributed by atoms with Gasteiger partial charge in [0, 0.05) is 13.0 Å². The minimum absolute atomic E-state index is 0.223. The van der Waals surface area contributed by atoms with Crippen LogP contribution in [0.4, 0.5) is 9.18 Å². The minimum atomic E-state index is -0.971. The fourth-order valence-corrected chi connectivity index (χ4v) is 2.61. The van der Waals surface area contributed by atoms with E-state index >= 15 is 0 Å². The summed E-state index contributed by atoms with van der Waals surface area (Å²) in [5.74, 6) is -0.398. The van der Waals surface area contributed by atoms with Gasteiger partial charge in [0.05, 0.1) is 25.4 Å². The lowest BCUT2D eigenvalue weighted by Gasteiger charge is -2.23. The van der Waals surface area contributed by atoms with Gasteiger partial charge in [-0.25, -0.2) is 13.9 Å². The Kier molecular flexibility index (Phi) is 3.76. The standard InChI is InChI=1S/C14H15FN4O3/c15-11-2-1-9(10(5-11)8-20)6-19-13-3-4-18(14(21)22)7-12(13)16-17-19/h1-2,5,20H,3-4,6-8H2,(H,21,22). The summed E-state index contributed by atoms with van der Waals surface area (Å²) in [5, 5.41) is 26.4. The monoisotopic (exact) mass is 306 g/mol. The quantitative estimate of drug-likeness (QED) is 0.882. The number of aromatic nitrogens is 3. The van der Waals surface area contributed by atoms with E-state index in [0.29, 0.717) is 30.8 Å². The number of carboxylic acid groups (broad SMARTS) is 1. The van der Waals surface area contributed by atoms with E-state index in [1.807, 2.05) is 0 Å². The minimum Gasteiger partial charge on any atom is -0.465 e. The Balaban J connectivity index is 1.85. The van der Waals surface area contributed by atoms with Crippen LogP contribution >= 0.6 is 0 Å². The number of benzene rings is 1. The van der Waals surface area contributed by atoms with Crippen molar-refractivity contribution in [2.24, 2.45) is 0 Å². The predicted octanol–water partition coefficient (Wildman–Crippen LogP) is 0.994. The summed E-state index contributed by atoms with van der Waals surface area (Å²) >= 11 is 0. The van der Waals surface area contributed by atoms with Crippen LogP contribution in [-0.2, 0) is 26.1 Å². The molecule has 1 aliphatic rings. The van der Waals surface area contributed by atoms with E-state index in [9.17, 15) is 14.3 Å². The average molecular weight is 306 g/mol. The molecule has 0 saturated heterocycles. The fourth-order valence-electron chi connectivity index (χ4n) is 2.61. The van der Waals surface area contributed by atoms with Crippen LogP contribution in [0.25, 0.3) is 0 Å². The maximum absolute atomic E-state index is 13.2. The molecule has 2 heterocycles. The molecule has 1 aliphatic heterocycles. The van der Waals surface area contributed by atoms with Crippen molar-refractivity contribution in [2.75, 3.05) is 6.54 Å². The number of amides is 1. The zero-order chi connectivity index (χ0) is 15.7. The molecule has 8 heteroatoms. The summed E-state index contributed by atoms with van der Waals surface area (Å²) in [6.07, 6.45) is -0.439. The summed E-state index contributed by atoms with van der Waals surface area (Å²) < 4.78 is 14.9. The number of carbonyl (C=O) groups is 1. The van der Waals surface area contributed by atoms with Gasteiger partial charge in [-0.05, 0) is 23.3 Å². The Morgan fingerprint density at radius 1 is 1.36 bits per heavy atom. The number of rotatable bonds is 3. The molecule has 0 atom stereocenters. The molecule has 0 fully saturated rings. The molecule has 3 rings (SSSR count). The Bertz CT molecular complexity index is 716. The van der Waals surface area contributed by atoms with Gasteiger partial charge in [0.1, 0.15) is 11.5 Å². The van der Waals surface area contributed by atoms with Crippen LogP contribution in [0.15, 0.2) is 18.2 Å². The lowest BCUT2D eigenvalue weighted by atomic mass is 10.1. The first-order valence-corrected chi connectivity index (χ1v) is 6.85. The Hall–Kier alpha value is -2.48. The predicted molar refractivity (Wildman–Crippen MR) is 73.6 cm³/mol. The zero-order valence-corrected chi connectivity index (χ0v) is 11.7. The number of aliphatic hydroxyl groups is 1. The second-order valence-electron chi connectivity index (χ2n) is 5.17. The van der Waals surface area contributed by atoms with Crippen molar-refractivity contribution in [1.29, 1.82) is 0 Å². The smallest absolute Gasteiger partial charge is 0.407 e. The van der Waals surface area contributed by atoms with Crippen LogP contribution in [0.2, 0.25) is 0 Å². The van der Waals surface area contributed by atoms with Crippen molar-refractivity contribution in [3.05, 3.63) is 46.5 Å². The van der Waals surface area contributed by atoms with Crippen molar-refractivity contribution in [3.63, 3.8) is 0 Å². The van der Waals surface area contributed by atoms with E-state index < -0.39 is 11.9 Å². The highest BCUT2D eigenvalue weighted by Crippen LogP contribution is 2.19. The Morgan fingerprint density at radius 2 is 2.18 bits per heavy atom. The van der Waals surface area contributed by atoms with Crippen LogP contribution in [0.3, 0.4) is 0 Å². The van der Waals surface area contributed by atoms with Crippen LogP contribution < -0.4 is 0 Å². The first-order chi connectivity index (χ1) is 10.6. The fraction of sp³-hybridized carbons (Fsp3) is 0.357. The first kappa shape index (κ1) is 14.5. The highest BCUT2D eigenvalue weighted by Gasteiger charge is 2.25. The van der Waals surface area contributed by atoms with Gasteiger partial charge in [0.15, 0.2) is 0 Å². The van der Waals surface area contributed by atoms with Gasteiger partial charge >= 0.3 is 6.09 Å². The summed E-state index contributed by atoms with van der Waals surface area (Å²) in [6, 6.07) is 4.25. The molecule has 1 aromatic carbocycles. The molecule has 0 saturated carbocycles. The van der Waals surface area contributed by atoms with E-state index in [2.05, 4.69) is 10.3 Å². The van der Waals surface area contributed by atoms with E-state index in [-0.39, 0.29) is 13.2 Å². The van der Waals surface area contributed by atoms with Crippen molar-refractivity contribution in [1.82, 2.24) is 19.9 Å². The second kappa shape index (κ2) is 5.72. The molecule has 0 unspecified atom stereocenters. The highest BCUT2D eigenvalue weighted by molar-refractivity contribution is 5.65. The molecule has 0 radical (unpaired) electrons. The maximum Gasteiger partial charge on any atom is 0.407 e. The molecular weight excluding hydrogens is 291 g/mol. The van der Waals surface area contributed by atoms with Gasteiger partial charge in [-0.15, -0.1) is 5.10 Å². The number of halogens is 1. The molecule has 1 amide bonds. The molecule has 0 bridgehead atoms. The molecular formula is C14H15FN4O3. The van der Waals surface area contributed by atoms with Crippen LogP contribution in [-0.4, -0.2) is 42.7 Å². The molecule has 22 heavy (non-hydrogen) atoms. The lowest BCUT2D eigenvalue weighted by molar-refractivity contribution is 0.139. The molecule has 116 valence electrons. The third kappa shape index (κ3) is 2.64. The van der Waals surface area contributed by atoms with Gasteiger partial charge in [-0.2, -0.15) is 0 Å². The number of nitrogens with zero attached hydrogens (tertiary/aromatic N) is 4. The lowest BCUT2D eigenvalue weighted by Crippen LogP contribution is -2.35. The normalized spacial score (nSPS) is 14.0. The summed E-state index contributed by atoms with van der Waals surface area (Å²) in [5.41, 5.74) is 2.79. The molecule has 7 nitrogen and oxygen atoms in total. The number of hydrogen-bond acceptors (Lipinski definition) is 4. The van der Waals surface area contributed by atoms with Crippen LogP contribution in [0, 0.1) is 5.82 Å². The number of hydrogen-bond donors (Lipinski definition) is 2. The van der Waals surface area contributed by atoms with E-state index in [0.717, 1.165) is 11.3 Å². The first-order valence-electron chi connectivity index (χ1n) is 6.85. The third-order valence-corrected chi connectivity index (χ3v) is 3.81. The van der Waals surface area contributed by atoms with Gasteiger partial charge in [0.2, 0.25) is 0 Å². The molecule has 1 aromatic heterocycles. The molecule has 2 aromatic rings. The molecule has 0 aliphatic carbocycles. The molecule has 2 N–H and O–H groups in total. The Morgan fingerprint density at radius 3 is 2.91 bits per heavy atom. The number of aliphatic hydroxyl groups excluding tert-OH is 1. The van der Waals surface area contributed by atoms with E-state index in [1.54, 1.807) is 10.7 Å². The molecule has 0 spiro atoms. The van der Waals surface area contributed by atoms with E-state index in [1.165, 1.54) is 17.0 Å². The number of fused-ring (bicyclic) bond motifs is 1. The highest BCUT2D eigenvalue weighted by atomic mass is 19.1. The van der Waals surface area contributed by atoms with Gasteiger partial charge in [0.25, 0.3) is 0 Å².